The molecule has 0 atom stereocenters. The molecule has 186 valence electrons. The Labute approximate surface area is 265 Å². The van der Waals surface area contributed by atoms with E-state index >= 15 is 0 Å². The number of para-hydroxylation sites is 2. The third-order valence-electron chi connectivity index (χ3n) is 6.31. The third-order valence-corrected chi connectivity index (χ3v) is 6.31. The number of aromatic nitrogens is 1. The van der Waals surface area contributed by atoms with E-state index in [0.717, 1.165) is 0 Å². The predicted molar refractivity (Wildman–Crippen MR) is 162 cm³/mol. The average Bonchev–Trinajstić information content (AvgIpc) is 3.59. The standard InChI is InChI=1S/C37H27NO/c1-37(2)31-14-8-9-15-34(31)39-35-21-18-25(22-32(35)37)26-17-19-29-30-20-16-24-10-6-7-13-28(24)36(30)38(33(29)23-26)27-11-4-3-5-12-27/h3-23H,1-2H3/i1D3,2D3,3D,4D,5D,6D,7D,8D,9D,10D,11D,12D,13D,14D,15D,16D,17D,18D,19D,20D,21D,22D,23D. The van der Waals surface area contributed by atoms with E-state index < -0.39 is 218 Å². The number of nitrogens with zero attached hydrogens (tertiary/aromatic N) is 1. The Morgan fingerprint density at radius 1 is 0.615 bits per heavy atom. The van der Waals surface area contributed by atoms with Crippen LogP contribution in [0.1, 0.15) is 61.8 Å². The van der Waals surface area contributed by atoms with Crippen LogP contribution in [0.15, 0.2) is 127 Å². The first kappa shape index (κ1) is 8.09. The largest absolute Gasteiger partial charge is 0.457 e. The molecule has 0 spiro atoms. The van der Waals surface area contributed by atoms with Crippen molar-refractivity contribution in [3.63, 3.8) is 0 Å². The van der Waals surface area contributed by atoms with E-state index in [-0.39, 0.29) is 0 Å². The molecule has 39 heavy (non-hydrogen) atoms. The van der Waals surface area contributed by atoms with Crippen LogP contribution < -0.4 is 4.74 Å². The fourth-order valence-electron chi connectivity index (χ4n) is 4.59. The van der Waals surface area contributed by atoms with Gasteiger partial charge in [0.1, 0.15) is 11.5 Å². The number of hydrogen-bond acceptors (Lipinski definition) is 1. The minimum absolute atomic E-state index is 0.579. The summed E-state index contributed by atoms with van der Waals surface area (Å²) in [6.45, 7) is -7.84. The van der Waals surface area contributed by atoms with Crippen molar-refractivity contribution >= 4 is 32.6 Å². The highest BCUT2D eigenvalue weighted by Crippen LogP contribution is 2.49. The van der Waals surface area contributed by atoms with Crippen molar-refractivity contribution in [2.45, 2.75) is 19.1 Å². The van der Waals surface area contributed by atoms with Crippen LogP contribution in [0.3, 0.4) is 0 Å². The van der Waals surface area contributed by atoms with Crippen LogP contribution in [0, 0.1) is 0 Å². The molecule has 6 aromatic carbocycles. The zero-order chi connectivity index (χ0) is 49.4. The van der Waals surface area contributed by atoms with Gasteiger partial charge in [0.2, 0.25) is 0 Å². The molecule has 1 aliphatic heterocycles. The first-order valence-electron chi connectivity index (χ1n) is 24.8. The van der Waals surface area contributed by atoms with Gasteiger partial charge in [0, 0.05) is 46.6 Å². The second kappa shape index (κ2) is 8.09. The molecule has 0 fully saturated rings. The molecule has 8 rings (SSSR count). The average molecular weight is 529 g/mol. The summed E-state index contributed by atoms with van der Waals surface area (Å²) in [6.07, 6.45) is 0. The van der Waals surface area contributed by atoms with Gasteiger partial charge in [-0.05, 0) is 52.8 Å². The van der Waals surface area contributed by atoms with Crippen LogP contribution in [0.2, 0.25) is 0 Å². The Bertz CT molecular complexity index is 3390. The summed E-state index contributed by atoms with van der Waals surface area (Å²) < 4.78 is 245. The zero-order valence-corrected chi connectivity index (χ0v) is 19.4. The van der Waals surface area contributed by atoms with E-state index in [9.17, 15) is 6.85 Å². The Balaban J connectivity index is 1.69. The number of fused-ring (bicyclic) bond motifs is 7. The molecule has 0 aliphatic carbocycles. The maximum absolute atomic E-state index is 9.79. The van der Waals surface area contributed by atoms with Crippen molar-refractivity contribution in [2.24, 2.45) is 0 Å². The van der Waals surface area contributed by atoms with E-state index in [1.807, 2.05) is 0 Å². The van der Waals surface area contributed by atoms with Crippen molar-refractivity contribution in [1.29, 1.82) is 0 Å². The molecule has 2 heteroatoms. The molecule has 7 aromatic rings. The van der Waals surface area contributed by atoms with Crippen LogP contribution in [0.25, 0.3) is 49.4 Å². The smallest absolute Gasteiger partial charge is 0.131 e. The van der Waals surface area contributed by atoms with Gasteiger partial charge in [-0.3, -0.25) is 0 Å². The Kier molecular flexibility index (Phi) is 1.68. The number of ether oxygens (including phenoxy) is 1. The molecule has 0 N–H and O–H groups in total. The molecule has 0 amide bonds. The van der Waals surface area contributed by atoms with Gasteiger partial charge < -0.3 is 9.30 Å². The lowest BCUT2D eigenvalue weighted by molar-refractivity contribution is 0.418. The van der Waals surface area contributed by atoms with Crippen molar-refractivity contribution in [3.8, 4) is 28.3 Å². The minimum atomic E-state index is -3.92. The quantitative estimate of drug-likeness (QED) is 0.218. The third kappa shape index (κ3) is 3.21. The lowest BCUT2D eigenvalue weighted by Crippen LogP contribution is -2.24. The van der Waals surface area contributed by atoms with Gasteiger partial charge in [-0.1, -0.05) is 104 Å². The molecule has 2 nitrogen and oxygen atoms in total. The molecule has 1 aromatic heterocycles. The Morgan fingerprint density at radius 2 is 1.33 bits per heavy atom. The van der Waals surface area contributed by atoms with E-state index in [1.54, 1.807) is 0 Å². The summed E-state index contributed by atoms with van der Waals surface area (Å²) in [7, 11) is 0. The predicted octanol–water partition coefficient (Wildman–Crippen LogP) is 10.0. The van der Waals surface area contributed by atoms with Crippen molar-refractivity contribution < 1.29 is 41.7 Å². The molecule has 0 saturated heterocycles. The first-order valence-corrected chi connectivity index (χ1v) is 11.3. The highest BCUT2D eigenvalue weighted by Gasteiger charge is 2.34. The van der Waals surface area contributed by atoms with Gasteiger partial charge in [0.15, 0.2) is 0 Å². The Hall–Kier alpha value is -4.82. The van der Waals surface area contributed by atoms with Crippen LogP contribution in [0.5, 0.6) is 11.5 Å². The van der Waals surface area contributed by atoms with Crippen LogP contribution in [0.4, 0.5) is 0 Å². The molecule has 0 unspecified atom stereocenters. The van der Waals surface area contributed by atoms with Gasteiger partial charge in [-0.2, -0.15) is 0 Å². The number of hydrogen-bond donors (Lipinski definition) is 0. The van der Waals surface area contributed by atoms with Gasteiger partial charge in [-0.25, -0.2) is 0 Å². The maximum Gasteiger partial charge on any atom is 0.131 e. The molecule has 0 saturated carbocycles. The normalized spacial score (nSPS) is 24.3. The van der Waals surface area contributed by atoms with Crippen molar-refractivity contribution in [2.75, 3.05) is 0 Å². The minimum Gasteiger partial charge on any atom is -0.457 e. The number of benzene rings is 6. The summed E-state index contributed by atoms with van der Waals surface area (Å²) in [4.78, 5) is 0. The van der Waals surface area contributed by atoms with E-state index in [4.69, 9.17) is 34.9 Å². The first-order chi connectivity index (χ1) is 30.4. The molecular weight excluding hydrogens is 474 g/mol. The van der Waals surface area contributed by atoms with Crippen molar-refractivity contribution in [1.82, 2.24) is 4.57 Å². The zero-order valence-electron chi connectivity index (χ0n) is 46.4. The summed E-state index contributed by atoms with van der Waals surface area (Å²) >= 11 is 0. The van der Waals surface area contributed by atoms with Gasteiger partial charge >= 0.3 is 0 Å². The van der Waals surface area contributed by atoms with Gasteiger partial charge in [0.05, 0.1) is 39.8 Å². The lowest BCUT2D eigenvalue weighted by Gasteiger charge is -2.34. The summed E-state index contributed by atoms with van der Waals surface area (Å²) in [5.41, 5.74) is -10.4. The SMILES string of the molecule is [2H]c1c([2H])c([2H])c(-n2c3c([2H])c(-c4c([2H])c([2H])c5c(c4[2H])C(C([2H])([2H])[2H])(C([2H])([2H])[2H])c4c([2H])c([2H])c([2H])c([2H])c4O5)c([2H])c([2H])c3c3c([2H])c([2H])c4c([2H])c([2H])c([2H])c([2H])c4c32)c([2H])c1[2H]. The summed E-state index contributed by atoms with van der Waals surface area (Å²) in [6, 6.07) is -21.4. The molecule has 1 aliphatic rings. The molecule has 2 heterocycles. The fourth-order valence-corrected chi connectivity index (χ4v) is 4.59. The van der Waals surface area contributed by atoms with Crippen LogP contribution in [-0.4, -0.2) is 4.57 Å². The fraction of sp³-hybridized carbons (Fsp3) is 0.0811. The van der Waals surface area contributed by atoms with Crippen LogP contribution >= 0.6 is 0 Å². The lowest BCUT2D eigenvalue weighted by atomic mass is 9.75. The van der Waals surface area contributed by atoms with Crippen LogP contribution in [-0.2, 0) is 5.41 Å². The van der Waals surface area contributed by atoms with Gasteiger partial charge in [-0.15, -0.1) is 0 Å². The van der Waals surface area contributed by atoms with Gasteiger partial charge in [0.25, 0.3) is 0 Å². The van der Waals surface area contributed by atoms with Crippen molar-refractivity contribution in [3.05, 3.63) is 138 Å². The van der Waals surface area contributed by atoms with E-state index in [1.165, 1.54) is 0 Å². The highest BCUT2D eigenvalue weighted by molar-refractivity contribution is 6.19. The second-order valence-electron chi connectivity index (χ2n) is 8.52. The van der Waals surface area contributed by atoms with E-state index in [0.29, 0.717) is 4.57 Å². The second-order valence-corrected chi connectivity index (χ2v) is 8.52. The summed E-state index contributed by atoms with van der Waals surface area (Å²) in [5.74, 6) is -2.15. The Morgan fingerprint density at radius 3 is 2.23 bits per heavy atom. The molecular formula is C37H27NO. The van der Waals surface area contributed by atoms with E-state index in [2.05, 4.69) is 0 Å². The highest BCUT2D eigenvalue weighted by atomic mass is 16.5. The monoisotopic (exact) mass is 528 g/mol. The molecule has 0 bridgehead atoms. The maximum atomic E-state index is 9.79. The molecule has 0 radical (unpaired) electrons. The number of rotatable bonds is 2. The topological polar surface area (TPSA) is 14.2 Å². The summed E-state index contributed by atoms with van der Waals surface area (Å²) in [5, 5.41) is -2.40.